The summed E-state index contributed by atoms with van der Waals surface area (Å²) < 4.78 is 18.4. The third-order valence-corrected chi connectivity index (χ3v) is 6.81. The van der Waals surface area contributed by atoms with Crippen molar-refractivity contribution < 1.29 is 4.39 Å². The van der Waals surface area contributed by atoms with E-state index in [9.17, 15) is 4.39 Å². The highest BCUT2D eigenvalue weighted by molar-refractivity contribution is 5.80. The molecule has 0 saturated carbocycles. The fourth-order valence-electron chi connectivity index (χ4n) is 5.14. The lowest BCUT2D eigenvalue weighted by molar-refractivity contribution is 0.459. The molecule has 2 aromatic carbocycles. The molecule has 6 rings (SSSR count). The first-order valence-corrected chi connectivity index (χ1v) is 12.1. The molecule has 1 unspecified atom stereocenters. The Morgan fingerprint density at radius 1 is 1.00 bits per heavy atom. The standard InChI is InChI=1S/C28H27FN6/c29-21-9-7-20(8-10-21)27-28(23-13-16-31-25(32-23)6-3-15-30)35-22(11-12-26(35)33-27)18-34-17-14-19-4-1-2-5-24(19)34/h1-2,4-5,7-10,13-14,16-17,22H,3,6,11-12,15,18,30H2. The lowest BCUT2D eigenvalue weighted by Crippen LogP contribution is -2.14. The van der Waals surface area contributed by atoms with Crippen LogP contribution in [0.4, 0.5) is 4.39 Å². The van der Waals surface area contributed by atoms with Gasteiger partial charge >= 0.3 is 0 Å². The summed E-state index contributed by atoms with van der Waals surface area (Å²) >= 11 is 0. The van der Waals surface area contributed by atoms with Crippen molar-refractivity contribution in [1.29, 1.82) is 0 Å². The lowest BCUT2D eigenvalue weighted by atomic mass is 10.1. The van der Waals surface area contributed by atoms with Gasteiger partial charge in [0.1, 0.15) is 17.5 Å². The van der Waals surface area contributed by atoms with Crippen LogP contribution in [0.25, 0.3) is 33.5 Å². The maximum atomic E-state index is 13.7. The number of para-hydroxylation sites is 1. The summed E-state index contributed by atoms with van der Waals surface area (Å²) in [6, 6.07) is 19.4. The minimum Gasteiger partial charge on any atom is -0.345 e. The van der Waals surface area contributed by atoms with Crippen LogP contribution in [0.1, 0.15) is 30.5 Å². The van der Waals surface area contributed by atoms with Gasteiger partial charge < -0.3 is 14.9 Å². The number of imidazole rings is 1. The molecule has 0 amide bonds. The Labute approximate surface area is 203 Å². The number of hydrogen-bond donors (Lipinski definition) is 1. The van der Waals surface area contributed by atoms with Crippen molar-refractivity contribution in [3.63, 3.8) is 0 Å². The van der Waals surface area contributed by atoms with Crippen molar-refractivity contribution in [3.8, 4) is 22.6 Å². The van der Waals surface area contributed by atoms with E-state index >= 15 is 0 Å². The molecule has 0 bridgehead atoms. The van der Waals surface area contributed by atoms with Gasteiger partial charge in [-0.25, -0.2) is 19.3 Å². The van der Waals surface area contributed by atoms with Crippen LogP contribution in [0.2, 0.25) is 0 Å². The molecule has 3 aromatic heterocycles. The summed E-state index contributed by atoms with van der Waals surface area (Å²) in [6.45, 7) is 1.45. The third kappa shape index (κ3) is 4.02. The summed E-state index contributed by atoms with van der Waals surface area (Å²) in [5.41, 5.74) is 10.5. The summed E-state index contributed by atoms with van der Waals surface area (Å²) in [6.07, 6.45) is 7.44. The topological polar surface area (TPSA) is 74.5 Å². The number of hydrogen-bond acceptors (Lipinski definition) is 4. The second kappa shape index (κ2) is 9.07. The molecular formula is C28H27FN6. The minimum atomic E-state index is -0.259. The molecular weight excluding hydrogens is 439 g/mol. The first-order chi connectivity index (χ1) is 17.2. The minimum absolute atomic E-state index is 0.236. The van der Waals surface area contributed by atoms with E-state index < -0.39 is 0 Å². The first-order valence-electron chi connectivity index (χ1n) is 12.1. The van der Waals surface area contributed by atoms with Crippen LogP contribution < -0.4 is 5.73 Å². The number of halogens is 1. The fourth-order valence-corrected chi connectivity index (χ4v) is 5.14. The molecule has 1 aliphatic heterocycles. The van der Waals surface area contributed by atoms with Gasteiger partial charge in [0.15, 0.2) is 0 Å². The second-order valence-corrected chi connectivity index (χ2v) is 9.07. The van der Waals surface area contributed by atoms with Gasteiger partial charge in [0.05, 0.1) is 23.1 Å². The van der Waals surface area contributed by atoms with Crippen molar-refractivity contribution >= 4 is 10.9 Å². The highest BCUT2D eigenvalue weighted by atomic mass is 19.1. The van der Waals surface area contributed by atoms with Crippen molar-refractivity contribution in [1.82, 2.24) is 24.1 Å². The third-order valence-electron chi connectivity index (χ3n) is 6.81. The van der Waals surface area contributed by atoms with E-state index in [1.165, 1.54) is 23.0 Å². The molecule has 0 aliphatic carbocycles. The summed E-state index contributed by atoms with van der Waals surface area (Å²) in [7, 11) is 0. The summed E-state index contributed by atoms with van der Waals surface area (Å²) in [4.78, 5) is 14.4. The molecule has 5 aromatic rings. The Morgan fingerprint density at radius 3 is 2.71 bits per heavy atom. The van der Waals surface area contributed by atoms with Gasteiger partial charge in [0.2, 0.25) is 0 Å². The number of nitrogens with zero attached hydrogens (tertiary/aromatic N) is 5. The highest BCUT2D eigenvalue weighted by Crippen LogP contribution is 2.40. The average molecular weight is 467 g/mol. The molecule has 0 saturated heterocycles. The summed E-state index contributed by atoms with van der Waals surface area (Å²) in [5.74, 6) is 1.56. The number of rotatable bonds is 7. The van der Waals surface area contributed by atoms with Crippen LogP contribution in [0.15, 0.2) is 73.1 Å². The van der Waals surface area contributed by atoms with Gasteiger partial charge in [0.25, 0.3) is 0 Å². The largest absolute Gasteiger partial charge is 0.345 e. The number of nitrogens with two attached hydrogens (primary N) is 1. The van der Waals surface area contributed by atoms with E-state index in [1.54, 1.807) is 12.1 Å². The van der Waals surface area contributed by atoms with Crippen LogP contribution in [0, 0.1) is 5.82 Å². The Balaban J connectivity index is 1.47. The molecule has 176 valence electrons. The second-order valence-electron chi connectivity index (χ2n) is 9.07. The molecule has 1 atom stereocenters. The van der Waals surface area contributed by atoms with Gasteiger partial charge in [-0.05, 0) is 67.2 Å². The normalized spacial score (nSPS) is 15.1. The van der Waals surface area contributed by atoms with Gasteiger partial charge in [0, 0.05) is 42.9 Å². The average Bonchev–Trinajstić information content (AvgIpc) is 3.58. The maximum absolute atomic E-state index is 13.7. The first kappa shape index (κ1) is 21.7. The zero-order valence-electron chi connectivity index (χ0n) is 19.4. The smallest absolute Gasteiger partial charge is 0.129 e. The van der Waals surface area contributed by atoms with Gasteiger partial charge in [-0.15, -0.1) is 0 Å². The maximum Gasteiger partial charge on any atom is 0.129 e. The number of aromatic nitrogens is 5. The van der Waals surface area contributed by atoms with E-state index in [2.05, 4.69) is 50.6 Å². The molecule has 0 spiro atoms. The van der Waals surface area contributed by atoms with Crippen LogP contribution in [0.5, 0.6) is 0 Å². The quantitative estimate of drug-likeness (QED) is 0.359. The zero-order chi connectivity index (χ0) is 23.8. The Hall–Kier alpha value is -3.84. The SMILES string of the molecule is NCCCc1nccc(-c2c(-c3ccc(F)cc3)nc3n2C(Cn2ccc4ccccc42)CC3)n1. The molecule has 4 heterocycles. The Kier molecular flexibility index (Phi) is 5.62. The Morgan fingerprint density at radius 2 is 1.86 bits per heavy atom. The van der Waals surface area contributed by atoms with Gasteiger partial charge in [-0.2, -0.15) is 0 Å². The molecule has 2 N–H and O–H groups in total. The molecule has 0 radical (unpaired) electrons. The molecule has 1 aliphatic rings. The van der Waals surface area contributed by atoms with Crippen LogP contribution in [0.3, 0.4) is 0 Å². The Bertz CT molecular complexity index is 1480. The monoisotopic (exact) mass is 466 g/mol. The molecule has 35 heavy (non-hydrogen) atoms. The number of fused-ring (bicyclic) bond motifs is 2. The van der Waals surface area contributed by atoms with Gasteiger partial charge in [-0.3, -0.25) is 0 Å². The highest BCUT2D eigenvalue weighted by Gasteiger charge is 2.31. The molecule has 6 nitrogen and oxygen atoms in total. The zero-order valence-corrected chi connectivity index (χ0v) is 19.4. The predicted molar refractivity (Wildman–Crippen MR) is 135 cm³/mol. The number of benzene rings is 2. The van der Waals surface area contributed by atoms with E-state index in [4.69, 9.17) is 15.7 Å². The van der Waals surface area contributed by atoms with Crippen LogP contribution in [-0.2, 0) is 19.4 Å². The van der Waals surface area contributed by atoms with Crippen molar-refractivity contribution in [2.24, 2.45) is 5.73 Å². The predicted octanol–water partition coefficient (Wildman–Crippen LogP) is 5.18. The fraction of sp³-hybridized carbons (Fsp3) is 0.250. The van der Waals surface area contributed by atoms with E-state index in [0.29, 0.717) is 6.54 Å². The van der Waals surface area contributed by atoms with Gasteiger partial charge in [-0.1, -0.05) is 18.2 Å². The van der Waals surface area contributed by atoms with E-state index in [-0.39, 0.29) is 11.9 Å². The number of aryl methyl sites for hydroxylation is 2. The van der Waals surface area contributed by atoms with Crippen LogP contribution in [-0.4, -0.2) is 30.6 Å². The molecule has 7 heteroatoms. The van der Waals surface area contributed by atoms with E-state index in [0.717, 1.165) is 66.5 Å². The van der Waals surface area contributed by atoms with Crippen molar-refractivity contribution in [2.45, 2.75) is 38.3 Å². The van der Waals surface area contributed by atoms with Crippen LogP contribution >= 0.6 is 0 Å². The lowest BCUT2D eigenvalue weighted by Gasteiger charge is -2.19. The summed E-state index contributed by atoms with van der Waals surface area (Å²) in [5, 5.41) is 1.24. The molecule has 0 fully saturated rings. The van der Waals surface area contributed by atoms with E-state index in [1.807, 2.05) is 12.3 Å². The van der Waals surface area contributed by atoms with Crippen molar-refractivity contribution in [2.75, 3.05) is 6.54 Å². The van der Waals surface area contributed by atoms with Crippen molar-refractivity contribution in [3.05, 3.63) is 90.5 Å².